The predicted octanol–water partition coefficient (Wildman–Crippen LogP) is 6.62. The first kappa shape index (κ1) is 31.9. The Morgan fingerprint density at radius 1 is 0.905 bits per heavy atom. The number of carbonyl (C=O) groups excluding carboxylic acids is 2. The zero-order valence-corrected chi connectivity index (χ0v) is 26.3. The zero-order valence-electron chi connectivity index (χ0n) is 23.9. The lowest BCUT2D eigenvalue weighted by Crippen LogP contribution is -2.53. The molecule has 1 N–H and O–H groups in total. The van der Waals surface area contributed by atoms with Gasteiger partial charge < -0.3 is 10.2 Å². The number of halogens is 2. The molecule has 0 saturated heterocycles. The van der Waals surface area contributed by atoms with Crippen molar-refractivity contribution in [1.29, 1.82) is 0 Å². The Hall–Kier alpha value is -3.07. The van der Waals surface area contributed by atoms with Crippen LogP contribution in [0.25, 0.3) is 0 Å². The fourth-order valence-electron chi connectivity index (χ4n) is 5.27. The van der Waals surface area contributed by atoms with Gasteiger partial charge in [0, 0.05) is 12.6 Å². The van der Waals surface area contributed by atoms with Gasteiger partial charge in [0.2, 0.25) is 11.8 Å². The highest BCUT2D eigenvalue weighted by molar-refractivity contribution is 7.92. The van der Waals surface area contributed by atoms with Crippen LogP contribution in [0.2, 0.25) is 10.0 Å². The van der Waals surface area contributed by atoms with Crippen molar-refractivity contribution in [1.82, 2.24) is 10.2 Å². The lowest BCUT2D eigenvalue weighted by atomic mass is 10.1. The van der Waals surface area contributed by atoms with Crippen LogP contribution >= 0.6 is 23.2 Å². The van der Waals surface area contributed by atoms with Crippen LogP contribution in [0.1, 0.15) is 57.1 Å². The van der Waals surface area contributed by atoms with Crippen molar-refractivity contribution in [3.63, 3.8) is 0 Å². The van der Waals surface area contributed by atoms with Gasteiger partial charge in [0.1, 0.15) is 12.6 Å². The third kappa shape index (κ3) is 7.65. The summed E-state index contributed by atoms with van der Waals surface area (Å²) in [5.74, 6) is -0.754. The maximum atomic E-state index is 14.2. The Morgan fingerprint density at radius 2 is 1.55 bits per heavy atom. The van der Waals surface area contributed by atoms with Gasteiger partial charge in [-0.25, -0.2) is 8.42 Å². The third-order valence-corrected chi connectivity index (χ3v) is 10.2. The van der Waals surface area contributed by atoms with E-state index in [4.69, 9.17) is 23.2 Å². The molecule has 0 aliphatic heterocycles. The molecule has 0 radical (unpaired) electrons. The van der Waals surface area contributed by atoms with Crippen molar-refractivity contribution in [2.45, 2.75) is 75.9 Å². The fraction of sp³-hybridized carbons (Fsp3) is 0.375. The van der Waals surface area contributed by atoms with E-state index in [1.807, 2.05) is 26.0 Å². The third-order valence-electron chi connectivity index (χ3n) is 7.67. The van der Waals surface area contributed by atoms with Gasteiger partial charge in [-0.2, -0.15) is 0 Å². The van der Waals surface area contributed by atoms with Gasteiger partial charge in [-0.05, 0) is 73.2 Å². The summed E-state index contributed by atoms with van der Waals surface area (Å²) < 4.78 is 29.0. The number of amides is 2. The maximum absolute atomic E-state index is 14.2. The number of nitrogens with one attached hydrogen (secondary N) is 1. The molecule has 1 aliphatic carbocycles. The first-order chi connectivity index (χ1) is 20.1. The van der Waals surface area contributed by atoms with Crippen LogP contribution in [0.4, 0.5) is 5.69 Å². The van der Waals surface area contributed by atoms with E-state index < -0.39 is 28.5 Å². The van der Waals surface area contributed by atoms with Crippen LogP contribution in [0.15, 0.2) is 77.7 Å². The molecule has 0 aromatic heterocycles. The number of nitrogens with zero attached hydrogens (tertiary/aromatic N) is 2. The highest BCUT2D eigenvalue weighted by atomic mass is 35.5. The molecule has 1 fully saturated rings. The van der Waals surface area contributed by atoms with Crippen molar-refractivity contribution < 1.29 is 18.0 Å². The molecule has 1 unspecified atom stereocenters. The molecule has 4 rings (SSSR count). The second-order valence-corrected chi connectivity index (χ2v) is 13.2. The minimum atomic E-state index is -4.11. The van der Waals surface area contributed by atoms with Crippen molar-refractivity contribution in [2.24, 2.45) is 0 Å². The zero-order chi connectivity index (χ0) is 30.3. The summed E-state index contributed by atoms with van der Waals surface area (Å²) in [6.45, 7) is 3.42. The number of hydrogen-bond acceptors (Lipinski definition) is 4. The SMILES string of the molecule is CCc1ccc(N(CC(=O)N(Cc2ccc(Cl)c(Cl)c2)C(CC)C(=O)NC2CCCC2)S(=O)(=O)c2ccccc2)cc1. The molecular weight excluding hydrogens is 593 g/mol. The lowest BCUT2D eigenvalue weighted by Gasteiger charge is -2.34. The second kappa shape index (κ2) is 14.4. The largest absolute Gasteiger partial charge is 0.352 e. The van der Waals surface area contributed by atoms with Gasteiger partial charge >= 0.3 is 0 Å². The minimum Gasteiger partial charge on any atom is -0.352 e. The first-order valence-corrected chi connectivity index (χ1v) is 16.5. The van der Waals surface area contributed by atoms with Gasteiger partial charge in [-0.15, -0.1) is 0 Å². The molecule has 0 bridgehead atoms. The number of anilines is 1. The highest BCUT2D eigenvalue weighted by Gasteiger charge is 2.34. The van der Waals surface area contributed by atoms with Gasteiger partial charge in [-0.1, -0.05) is 86.3 Å². The van der Waals surface area contributed by atoms with E-state index in [0.717, 1.165) is 42.0 Å². The number of rotatable bonds is 12. The fourth-order valence-corrected chi connectivity index (χ4v) is 7.02. The predicted molar refractivity (Wildman–Crippen MR) is 168 cm³/mol. The highest BCUT2D eigenvalue weighted by Crippen LogP contribution is 2.27. The number of carbonyl (C=O) groups is 2. The molecule has 0 heterocycles. The average Bonchev–Trinajstić information content (AvgIpc) is 3.51. The van der Waals surface area contributed by atoms with E-state index in [2.05, 4.69) is 5.32 Å². The molecule has 42 heavy (non-hydrogen) atoms. The number of aryl methyl sites for hydroxylation is 1. The van der Waals surface area contributed by atoms with Crippen molar-refractivity contribution in [3.8, 4) is 0 Å². The molecule has 224 valence electrons. The molecule has 3 aromatic rings. The van der Waals surface area contributed by atoms with Crippen LogP contribution < -0.4 is 9.62 Å². The quantitative estimate of drug-likeness (QED) is 0.244. The molecule has 7 nitrogen and oxygen atoms in total. The Kier molecular flexibility index (Phi) is 10.9. The number of sulfonamides is 1. The molecule has 1 atom stereocenters. The molecule has 3 aromatic carbocycles. The Labute approximate surface area is 258 Å². The Morgan fingerprint density at radius 3 is 2.14 bits per heavy atom. The van der Waals surface area contributed by atoms with Crippen molar-refractivity contribution >= 4 is 50.7 Å². The molecular formula is C32H37Cl2N3O4S. The van der Waals surface area contributed by atoms with E-state index >= 15 is 0 Å². The summed E-state index contributed by atoms with van der Waals surface area (Å²) in [4.78, 5) is 29.3. The van der Waals surface area contributed by atoms with Crippen LogP contribution in [-0.4, -0.2) is 43.8 Å². The van der Waals surface area contributed by atoms with Gasteiger partial charge in [0.15, 0.2) is 0 Å². The number of hydrogen-bond donors (Lipinski definition) is 1. The normalized spacial score (nSPS) is 14.4. The van der Waals surface area contributed by atoms with E-state index in [9.17, 15) is 18.0 Å². The summed E-state index contributed by atoms with van der Waals surface area (Å²) in [5.41, 5.74) is 2.08. The van der Waals surface area contributed by atoms with Crippen LogP contribution in [-0.2, 0) is 32.6 Å². The van der Waals surface area contributed by atoms with Crippen LogP contribution in [0.5, 0.6) is 0 Å². The molecule has 0 spiro atoms. The second-order valence-electron chi connectivity index (χ2n) is 10.5. The standard InChI is InChI=1S/C32H37Cl2N3O4S/c1-3-23-14-17-26(18-15-23)37(42(40,41)27-12-6-5-7-13-27)22-31(38)36(21-24-16-19-28(33)29(34)20-24)30(4-2)32(39)35-25-10-8-9-11-25/h5-7,12-20,25,30H,3-4,8-11,21-22H2,1-2H3,(H,35,39). The van der Waals surface area contributed by atoms with E-state index in [0.29, 0.717) is 27.7 Å². The van der Waals surface area contributed by atoms with Crippen molar-refractivity contribution in [3.05, 3.63) is 94.0 Å². The summed E-state index contributed by atoms with van der Waals surface area (Å²) in [5, 5.41) is 3.82. The maximum Gasteiger partial charge on any atom is 0.264 e. The monoisotopic (exact) mass is 629 g/mol. The van der Waals surface area contributed by atoms with Gasteiger partial charge in [-0.3, -0.25) is 13.9 Å². The minimum absolute atomic E-state index is 0.0559. The van der Waals surface area contributed by atoms with E-state index in [-0.39, 0.29) is 23.4 Å². The summed E-state index contributed by atoms with van der Waals surface area (Å²) >= 11 is 12.4. The smallest absolute Gasteiger partial charge is 0.264 e. The van der Waals surface area contributed by atoms with Crippen LogP contribution in [0, 0.1) is 0 Å². The molecule has 1 saturated carbocycles. The topological polar surface area (TPSA) is 86.8 Å². The van der Waals surface area contributed by atoms with Crippen LogP contribution in [0.3, 0.4) is 0 Å². The first-order valence-electron chi connectivity index (χ1n) is 14.3. The van der Waals surface area contributed by atoms with Gasteiger partial charge in [0.25, 0.3) is 10.0 Å². The Balaban J connectivity index is 1.72. The van der Waals surface area contributed by atoms with E-state index in [1.54, 1.807) is 48.5 Å². The van der Waals surface area contributed by atoms with Gasteiger partial charge in [0.05, 0.1) is 20.6 Å². The lowest BCUT2D eigenvalue weighted by molar-refractivity contribution is -0.140. The van der Waals surface area contributed by atoms with E-state index in [1.165, 1.54) is 17.0 Å². The Bertz CT molecular complexity index is 1480. The number of benzene rings is 3. The molecule has 1 aliphatic rings. The molecule has 10 heteroatoms. The summed E-state index contributed by atoms with van der Waals surface area (Å²) in [6, 6.07) is 19.5. The molecule has 2 amide bonds. The summed E-state index contributed by atoms with van der Waals surface area (Å²) in [7, 11) is -4.11. The van der Waals surface area contributed by atoms with Crippen molar-refractivity contribution in [2.75, 3.05) is 10.8 Å². The average molecular weight is 631 g/mol. The summed E-state index contributed by atoms with van der Waals surface area (Å²) in [6.07, 6.45) is 5.05.